The number of anilines is 3. The molecule has 0 amide bonds. The fourth-order valence-corrected chi connectivity index (χ4v) is 4.05. The molecule has 0 spiro atoms. The van der Waals surface area contributed by atoms with Crippen LogP contribution in [0.4, 0.5) is 17.5 Å². The fraction of sp³-hybridized carbons (Fsp3) is 0.333. The van der Waals surface area contributed by atoms with Crippen LogP contribution in [0.3, 0.4) is 0 Å². The van der Waals surface area contributed by atoms with Gasteiger partial charge in [-0.25, -0.2) is 18.4 Å². The predicted octanol–water partition coefficient (Wildman–Crippen LogP) is 2.03. The summed E-state index contributed by atoms with van der Waals surface area (Å²) in [6.07, 6.45) is 7.97. The highest BCUT2D eigenvalue weighted by atomic mass is 32.2. The highest BCUT2D eigenvalue weighted by molar-refractivity contribution is 7.90. The number of nitrogens with zero attached hydrogens (tertiary/aromatic N) is 4. The first-order chi connectivity index (χ1) is 13.3. The minimum absolute atomic E-state index is 0.0772. The van der Waals surface area contributed by atoms with E-state index in [9.17, 15) is 13.2 Å². The van der Waals surface area contributed by atoms with Gasteiger partial charge >= 0.3 is 0 Å². The summed E-state index contributed by atoms with van der Waals surface area (Å²) in [5.74, 6) is 0.667. The molecule has 4 rings (SSSR count). The van der Waals surface area contributed by atoms with Crippen LogP contribution in [0.5, 0.6) is 0 Å². The van der Waals surface area contributed by atoms with Crippen LogP contribution in [0.1, 0.15) is 31.7 Å². The van der Waals surface area contributed by atoms with Crippen molar-refractivity contribution in [3.63, 3.8) is 0 Å². The summed E-state index contributed by atoms with van der Waals surface area (Å²) in [5, 5.41) is 3.64. The van der Waals surface area contributed by atoms with Crippen molar-refractivity contribution in [3.05, 3.63) is 40.9 Å². The zero-order valence-electron chi connectivity index (χ0n) is 15.3. The van der Waals surface area contributed by atoms with E-state index in [1.165, 1.54) is 18.3 Å². The number of sulfone groups is 1. The maximum absolute atomic E-state index is 12.7. The monoisotopic (exact) mass is 400 g/mol. The van der Waals surface area contributed by atoms with Gasteiger partial charge in [-0.3, -0.25) is 9.36 Å². The van der Waals surface area contributed by atoms with Gasteiger partial charge < -0.3 is 11.1 Å². The molecule has 3 heterocycles. The Bertz CT molecular complexity index is 1200. The van der Waals surface area contributed by atoms with Crippen LogP contribution >= 0.6 is 0 Å². The van der Waals surface area contributed by atoms with Crippen molar-refractivity contribution in [1.82, 2.24) is 19.5 Å². The Labute approximate surface area is 161 Å². The summed E-state index contributed by atoms with van der Waals surface area (Å²) >= 11 is 0. The third-order valence-electron chi connectivity index (χ3n) is 4.90. The first kappa shape index (κ1) is 18.4. The Morgan fingerprint density at radius 1 is 1.18 bits per heavy atom. The molecule has 3 N–H and O–H groups in total. The summed E-state index contributed by atoms with van der Waals surface area (Å²) in [4.78, 5) is 25.7. The minimum Gasteiger partial charge on any atom is -0.394 e. The molecular weight excluding hydrogens is 380 g/mol. The van der Waals surface area contributed by atoms with Crippen molar-refractivity contribution in [1.29, 1.82) is 0 Å². The number of hydrogen-bond donors (Lipinski definition) is 2. The van der Waals surface area contributed by atoms with Gasteiger partial charge in [-0.2, -0.15) is 4.98 Å². The SMILES string of the molecule is CS(=O)(=O)c1ccc(Nc2ncc3cc(N)c(=O)n(C4CCCC4)c3n2)nc1. The van der Waals surface area contributed by atoms with Gasteiger partial charge in [-0.05, 0) is 31.0 Å². The van der Waals surface area contributed by atoms with Gasteiger partial charge in [-0.1, -0.05) is 12.8 Å². The van der Waals surface area contributed by atoms with Gasteiger partial charge in [0.05, 0.1) is 10.6 Å². The molecule has 0 atom stereocenters. The van der Waals surface area contributed by atoms with Crippen molar-refractivity contribution in [2.75, 3.05) is 17.3 Å². The fourth-order valence-electron chi connectivity index (χ4n) is 3.49. The number of aromatic nitrogens is 4. The standard InChI is InChI=1S/C18H20N6O3S/c1-28(26,27)13-6-7-15(20-10-13)22-18-21-9-11-8-14(19)17(25)24(16(11)23-18)12-4-2-3-5-12/h6-10,12H,2-5,19H2,1H3,(H,20,21,22,23). The summed E-state index contributed by atoms with van der Waals surface area (Å²) in [5.41, 5.74) is 6.37. The lowest BCUT2D eigenvalue weighted by atomic mass is 10.2. The maximum atomic E-state index is 12.7. The number of nitrogens with one attached hydrogen (secondary N) is 1. The van der Waals surface area contributed by atoms with Crippen LogP contribution in [-0.2, 0) is 9.84 Å². The van der Waals surface area contributed by atoms with E-state index in [2.05, 4.69) is 20.3 Å². The number of hydrogen-bond acceptors (Lipinski definition) is 8. The highest BCUT2D eigenvalue weighted by Crippen LogP contribution is 2.31. The molecule has 0 unspecified atom stereocenters. The highest BCUT2D eigenvalue weighted by Gasteiger charge is 2.22. The van der Waals surface area contributed by atoms with Crippen LogP contribution < -0.4 is 16.6 Å². The van der Waals surface area contributed by atoms with Crippen LogP contribution in [0.2, 0.25) is 0 Å². The summed E-state index contributed by atoms with van der Waals surface area (Å²) in [7, 11) is -3.32. The second-order valence-electron chi connectivity index (χ2n) is 6.96. The van der Waals surface area contributed by atoms with Crippen molar-refractivity contribution >= 4 is 38.3 Å². The molecule has 0 radical (unpaired) electrons. The van der Waals surface area contributed by atoms with Crippen LogP contribution in [0, 0.1) is 0 Å². The molecule has 0 aromatic carbocycles. The van der Waals surface area contributed by atoms with E-state index in [1.54, 1.807) is 16.8 Å². The lowest BCUT2D eigenvalue weighted by Gasteiger charge is -2.17. The van der Waals surface area contributed by atoms with E-state index >= 15 is 0 Å². The molecule has 0 aliphatic heterocycles. The molecule has 1 fully saturated rings. The van der Waals surface area contributed by atoms with Gasteiger partial charge in [0.15, 0.2) is 9.84 Å². The number of nitrogens with two attached hydrogens (primary N) is 1. The van der Waals surface area contributed by atoms with E-state index in [1.807, 2.05) is 0 Å². The molecule has 0 bridgehead atoms. The second-order valence-corrected chi connectivity index (χ2v) is 8.98. The lowest BCUT2D eigenvalue weighted by Crippen LogP contribution is -2.27. The van der Waals surface area contributed by atoms with Gasteiger partial charge in [0, 0.05) is 30.1 Å². The van der Waals surface area contributed by atoms with Gasteiger partial charge in [0.1, 0.15) is 11.5 Å². The topological polar surface area (TPSA) is 133 Å². The van der Waals surface area contributed by atoms with E-state index in [-0.39, 0.29) is 28.1 Å². The van der Waals surface area contributed by atoms with Crippen LogP contribution in [0.25, 0.3) is 11.0 Å². The Morgan fingerprint density at radius 2 is 1.93 bits per heavy atom. The number of nitrogen functional groups attached to an aromatic ring is 1. The summed E-state index contributed by atoms with van der Waals surface area (Å²) in [6.45, 7) is 0. The van der Waals surface area contributed by atoms with Gasteiger partial charge in [0.2, 0.25) is 5.95 Å². The average Bonchev–Trinajstić information content (AvgIpc) is 3.17. The maximum Gasteiger partial charge on any atom is 0.275 e. The molecule has 10 heteroatoms. The Morgan fingerprint density at radius 3 is 2.57 bits per heavy atom. The molecular formula is C18H20N6O3S. The number of fused-ring (bicyclic) bond motifs is 1. The van der Waals surface area contributed by atoms with E-state index in [0.717, 1.165) is 31.9 Å². The Hall–Kier alpha value is -3.01. The average molecular weight is 400 g/mol. The lowest BCUT2D eigenvalue weighted by molar-refractivity contribution is 0.517. The van der Waals surface area contributed by atoms with Crippen molar-refractivity contribution in [2.24, 2.45) is 0 Å². The van der Waals surface area contributed by atoms with Gasteiger partial charge in [0.25, 0.3) is 5.56 Å². The zero-order chi connectivity index (χ0) is 19.9. The summed E-state index contributed by atoms with van der Waals surface area (Å²) < 4.78 is 24.8. The molecule has 3 aromatic heterocycles. The molecule has 1 aliphatic carbocycles. The van der Waals surface area contributed by atoms with E-state index in [4.69, 9.17) is 5.73 Å². The zero-order valence-corrected chi connectivity index (χ0v) is 16.1. The Kier molecular flexibility index (Phi) is 4.50. The molecule has 1 saturated carbocycles. The first-order valence-electron chi connectivity index (χ1n) is 8.94. The number of pyridine rings is 2. The third-order valence-corrected chi connectivity index (χ3v) is 5.99. The quantitative estimate of drug-likeness (QED) is 0.680. The van der Waals surface area contributed by atoms with Crippen molar-refractivity contribution in [3.8, 4) is 0 Å². The first-order valence-corrected chi connectivity index (χ1v) is 10.8. The van der Waals surface area contributed by atoms with Gasteiger partial charge in [-0.15, -0.1) is 0 Å². The summed E-state index contributed by atoms with van der Waals surface area (Å²) in [6, 6.07) is 4.66. The normalized spacial score (nSPS) is 15.2. The van der Waals surface area contributed by atoms with E-state index in [0.29, 0.717) is 16.9 Å². The van der Waals surface area contributed by atoms with Crippen molar-refractivity contribution < 1.29 is 8.42 Å². The molecule has 9 nitrogen and oxygen atoms in total. The van der Waals surface area contributed by atoms with Crippen molar-refractivity contribution in [2.45, 2.75) is 36.6 Å². The molecule has 28 heavy (non-hydrogen) atoms. The predicted molar refractivity (Wildman–Crippen MR) is 106 cm³/mol. The van der Waals surface area contributed by atoms with Crippen LogP contribution in [-0.4, -0.2) is 34.2 Å². The molecule has 0 saturated heterocycles. The number of rotatable bonds is 4. The largest absolute Gasteiger partial charge is 0.394 e. The third kappa shape index (κ3) is 3.42. The minimum atomic E-state index is -3.32. The molecule has 1 aliphatic rings. The molecule has 3 aromatic rings. The second kappa shape index (κ2) is 6.86. The van der Waals surface area contributed by atoms with Crippen LogP contribution in [0.15, 0.2) is 40.3 Å². The van der Waals surface area contributed by atoms with E-state index < -0.39 is 9.84 Å². The Balaban J connectivity index is 1.74. The molecule has 146 valence electrons. The smallest absolute Gasteiger partial charge is 0.275 e.